The number of rotatable bonds is 7. The van der Waals surface area contributed by atoms with E-state index in [2.05, 4.69) is 4.90 Å². The van der Waals surface area contributed by atoms with Crippen LogP contribution in [-0.4, -0.2) is 65.6 Å². The predicted octanol–water partition coefficient (Wildman–Crippen LogP) is 4.34. The first-order valence-electron chi connectivity index (χ1n) is 11.4. The third-order valence-electron chi connectivity index (χ3n) is 5.49. The first-order valence-corrected chi connectivity index (χ1v) is 11.8. The number of carbonyl (C=O) groups is 2. The highest BCUT2D eigenvalue weighted by Gasteiger charge is 2.33. The summed E-state index contributed by atoms with van der Waals surface area (Å²) in [6.07, 6.45) is -0.598. The fourth-order valence-electron chi connectivity index (χ4n) is 3.89. The maximum Gasteiger partial charge on any atom is 0.349 e. The van der Waals surface area contributed by atoms with Crippen molar-refractivity contribution in [3.05, 3.63) is 64.9 Å². The number of halogens is 2. The van der Waals surface area contributed by atoms with Gasteiger partial charge in [-0.15, -0.1) is 0 Å². The van der Waals surface area contributed by atoms with E-state index in [-0.39, 0.29) is 24.2 Å². The lowest BCUT2D eigenvalue weighted by molar-refractivity contribution is -0.165. The minimum absolute atomic E-state index is 0.000125. The maximum absolute atomic E-state index is 13.1. The lowest BCUT2D eigenvalue weighted by atomic mass is 10.1. The zero-order chi connectivity index (χ0) is 24.9. The van der Waals surface area contributed by atoms with Crippen LogP contribution in [0.3, 0.4) is 0 Å². The van der Waals surface area contributed by atoms with Gasteiger partial charge in [-0.25, -0.2) is 9.18 Å². The molecule has 1 saturated heterocycles. The van der Waals surface area contributed by atoms with Crippen molar-refractivity contribution in [3.8, 4) is 5.75 Å². The van der Waals surface area contributed by atoms with Crippen LogP contribution in [0.2, 0.25) is 5.02 Å². The molecule has 0 spiro atoms. The van der Waals surface area contributed by atoms with Crippen LogP contribution in [0.15, 0.2) is 48.5 Å². The van der Waals surface area contributed by atoms with Gasteiger partial charge in [0.15, 0.2) is 0 Å². The van der Waals surface area contributed by atoms with E-state index in [4.69, 9.17) is 21.1 Å². The molecule has 1 amide bonds. The van der Waals surface area contributed by atoms with Crippen LogP contribution < -0.4 is 4.74 Å². The number of nitrogens with zero attached hydrogens (tertiary/aromatic N) is 2. The third kappa shape index (κ3) is 7.71. The van der Waals surface area contributed by atoms with Gasteiger partial charge >= 0.3 is 5.97 Å². The van der Waals surface area contributed by atoms with Crippen LogP contribution in [-0.2, 0) is 20.7 Å². The Labute approximate surface area is 205 Å². The Balaban J connectivity index is 1.62. The van der Waals surface area contributed by atoms with Crippen molar-refractivity contribution in [3.63, 3.8) is 0 Å². The number of hydrogen-bond acceptors (Lipinski definition) is 5. The summed E-state index contributed by atoms with van der Waals surface area (Å²) in [5, 5.41) is 0.580. The third-order valence-corrected chi connectivity index (χ3v) is 5.74. The summed E-state index contributed by atoms with van der Waals surface area (Å²) >= 11 is 5.96. The highest BCUT2D eigenvalue weighted by molar-refractivity contribution is 6.30. The van der Waals surface area contributed by atoms with E-state index in [1.165, 1.54) is 12.1 Å². The Bertz CT molecular complexity index is 976. The molecular weight excluding hydrogens is 459 g/mol. The summed E-state index contributed by atoms with van der Waals surface area (Å²) in [5.74, 6) is -0.232. The van der Waals surface area contributed by atoms with E-state index in [0.717, 1.165) is 5.56 Å². The molecule has 2 aromatic carbocycles. The maximum atomic E-state index is 13.1. The van der Waals surface area contributed by atoms with Crippen LogP contribution in [0.4, 0.5) is 4.39 Å². The van der Waals surface area contributed by atoms with Crippen molar-refractivity contribution in [1.82, 2.24) is 9.80 Å². The van der Waals surface area contributed by atoms with Crippen LogP contribution in [0, 0.1) is 5.82 Å². The van der Waals surface area contributed by atoms with Gasteiger partial charge in [0.05, 0.1) is 6.42 Å². The topological polar surface area (TPSA) is 59.1 Å². The van der Waals surface area contributed by atoms with Crippen LogP contribution in [0.5, 0.6) is 5.75 Å². The smallest absolute Gasteiger partial charge is 0.349 e. The van der Waals surface area contributed by atoms with Crippen LogP contribution in [0.1, 0.15) is 33.3 Å². The van der Waals surface area contributed by atoms with Crippen molar-refractivity contribution in [2.24, 2.45) is 0 Å². The van der Waals surface area contributed by atoms with Gasteiger partial charge in [0.25, 0.3) is 0 Å². The standard InChI is InChI=1S/C26H32ClFN2O4/c1-18-16-29(13-14-30(18)24(31)15-19-5-9-21(28)10-6-19)17-23(25(32)34-26(2,3)4)33-22-11-7-20(27)8-12-22/h5-12,18,23H,13-17H2,1-4H3/t18-,23?/m0/s1. The van der Waals surface area contributed by atoms with E-state index < -0.39 is 17.7 Å². The van der Waals surface area contributed by atoms with Gasteiger partial charge < -0.3 is 14.4 Å². The molecule has 0 N–H and O–H groups in total. The number of piperazine rings is 1. The second-order valence-corrected chi connectivity index (χ2v) is 10.0. The molecule has 1 aliphatic rings. The highest BCUT2D eigenvalue weighted by atomic mass is 35.5. The van der Waals surface area contributed by atoms with Gasteiger partial charge in [0.1, 0.15) is 17.2 Å². The Hall–Kier alpha value is -2.64. The zero-order valence-electron chi connectivity index (χ0n) is 20.1. The lowest BCUT2D eigenvalue weighted by Crippen LogP contribution is -2.56. The van der Waals surface area contributed by atoms with Crippen molar-refractivity contribution in [1.29, 1.82) is 0 Å². The SMILES string of the molecule is C[C@H]1CN(CC(Oc2ccc(Cl)cc2)C(=O)OC(C)(C)C)CCN1C(=O)Cc1ccc(F)cc1. The van der Waals surface area contributed by atoms with Crippen molar-refractivity contribution in [2.45, 2.75) is 51.9 Å². The molecule has 1 heterocycles. The van der Waals surface area contributed by atoms with Gasteiger partial charge in [-0.1, -0.05) is 23.7 Å². The van der Waals surface area contributed by atoms with E-state index >= 15 is 0 Å². The first kappa shape index (κ1) is 26.0. The summed E-state index contributed by atoms with van der Waals surface area (Å²) in [5.41, 5.74) is 0.139. The molecule has 0 bridgehead atoms. The van der Waals surface area contributed by atoms with E-state index in [0.29, 0.717) is 37.0 Å². The molecule has 34 heavy (non-hydrogen) atoms. The normalized spacial score (nSPS) is 17.8. The van der Waals surface area contributed by atoms with Gasteiger partial charge in [-0.2, -0.15) is 0 Å². The van der Waals surface area contributed by atoms with Gasteiger partial charge in [0, 0.05) is 37.2 Å². The molecule has 1 fully saturated rings. The fraction of sp³-hybridized carbons (Fsp3) is 0.462. The Kier molecular flexibility index (Phi) is 8.55. The molecule has 0 aromatic heterocycles. The molecule has 6 nitrogen and oxygen atoms in total. The second kappa shape index (κ2) is 11.2. The quantitative estimate of drug-likeness (QED) is 0.540. The van der Waals surface area contributed by atoms with Gasteiger partial charge in [0.2, 0.25) is 12.0 Å². The number of amides is 1. The summed E-state index contributed by atoms with van der Waals surface area (Å²) in [4.78, 5) is 29.7. The summed E-state index contributed by atoms with van der Waals surface area (Å²) in [7, 11) is 0. The summed E-state index contributed by atoms with van der Waals surface area (Å²) in [6, 6.07) is 12.8. The van der Waals surface area contributed by atoms with E-state index in [9.17, 15) is 14.0 Å². The number of hydrogen-bond donors (Lipinski definition) is 0. The predicted molar refractivity (Wildman–Crippen MR) is 129 cm³/mol. The molecular formula is C26H32ClFN2O4. The molecule has 0 saturated carbocycles. The highest BCUT2D eigenvalue weighted by Crippen LogP contribution is 2.20. The Morgan fingerprint density at radius 3 is 2.32 bits per heavy atom. The zero-order valence-corrected chi connectivity index (χ0v) is 20.8. The van der Waals surface area contributed by atoms with Gasteiger partial charge in [-0.05, 0) is 69.7 Å². The molecule has 1 aliphatic heterocycles. The minimum Gasteiger partial charge on any atom is -0.477 e. The number of carbonyl (C=O) groups excluding carboxylic acids is 2. The van der Waals surface area contributed by atoms with Crippen LogP contribution >= 0.6 is 11.6 Å². The number of ether oxygens (including phenoxy) is 2. The molecule has 184 valence electrons. The molecule has 2 atom stereocenters. The molecule has 1 unspecified atom stereocenters. The summed E-state index contributed by atoms with van der Waals surface area (Å²) in [6.45, 7) is 9.50. The van der Waals surface area contributed by atoms with E-state index in [1.54, 1.807) is 36.4 Å². The van der Waals surface area contributed by atoms with Crippen molar-refractivity contribution in [2.75, 3.05) is 26.2 Å². The average molecular weight is 491 g/mol. The van der Waals surface area contributed by atoms with Crippen molar-refractivity contribution < 1.29 is 23.5 Å². The first-order chi connectivity index (χ1) is 16.0. The molecule has 0 radical (unpaired) electrons. The molecule has 8 heteroatoms. The second-order valence-electron chi connectivity index (χ2n) is 9.59. The largest absolute Gasteiger partial charge is 0.477 e. The van der Waals surface area contributed by atoms with Crippen molar-refractivity contribution >= 4 is 23.5 Å². The number of benzene rings is 2. The van der Waals surface area contributed by atoms with E-state index in [1.807, 2.05) is 32.6 Å². The van der Waals surface area contributed by atoms with Gasteiger partial charge in [-0.3, -0.25) is 9.69 Å². The summed E-state index contributed by atoms with van der Waals surface area (Å²) < 4.78 is 24.7. The number of esters is 1. The molecule has 2 aromatic rings. The monoisotopic (exact) mass is 490 g/mol. The minimum atomic E-state index is -0.825. The molecule has 0 aliphatic carbocycles. The fourth-order valence-corrected chi connectivity index (χ4v) is 4.01. The lowest BCUT2D eigenvalue weighted by Gasteiger charge is -2.41. The van der Waals surface area contributed by atoms with Crippen LogP contribution in [0.25, 0.3) is 0 Å². The Morgan fingerprint density at radius 2 is 1.74 bits per heavy atom. The average Bonchev–Trinajstić information content (AvgIpc) is 2.75. The molecule has 3 rings (SSSR count). The Morgan fingerprint density at radius 1 is 1.09 bits per heavy atom.